The van der Waals surface area contributed by atoms with E-state index in [1.54, 1.807) is 6.07 Å². The molecule has 0 unspecified atom stereocenters. The first-order valence-corrected chi connectivity index (χ1v) is 4.97. The van der Waals surface area contributed by atoms with Crippen LogP contribution in [0.4, 0.5) is 4.39 Å². The highest BCUT2D eigenvalue weighted by molar-refractivity contribution is 5.85. The van der Waals surface area contributed by atoms with Crippen molar-refractivity contribution in [3.05, 3.63) is 34.8 Å². The van der Waals surface area contributed by atoms with Gasteiger partial charge in [-0.3, -0.25) is 0 Å². The zero-order valence-electron chi connectivity index (χ0n) is 9.15. The molecule has 0 bridgehead atoms. The second-order valence-corrected chi connectivity index (χ2v) is 3.75. The van der Waals surface area contributed by atoms with Gasteiger partial charge < -0.3 is 9.73 Å². The third kappa shape index (κ3) is 1.53. The molecule has 2 rings (SSSR count). The number of nitrogens with one attached hydrogen (secondary N) is 1. The van der Waals surface area contributed by atoms with Crippen LogP contribution < -0.4 is 5.32 Å². The molecular formula is C12H14FNO. The van der Waals surface area contributed by atoms with Gasteiger partial charge in [-0.15, -0.1) is 0 Å². The van der Waals surface area contributed by atoms with Gasteiger partial charge in [0.15, 0.2) is 11.4 Å². The Kier molecular flexibility index (Phi) is 2.49. The van der Waals surface area contributed by atoms with E-state index >= 15 is 0 Å². The van der Waals surface area contributed by atoms with Gasteiger partial charge in [-0.05, 0) is 32.5 Å². The first kappa shape index (κ1) is 10.2. The van der Waals surface area contributed by atoms with Crippen molar-refractivity contribution >= 4 is 11.0 Å². The van der Waals surface area contributed by atoms with Crippen molar-refractivity contribution in [2.45, 2.75) is 20.4 Å². The number of benzene rings is 1. The molecule has 0 aliphatic heterocycles. The lowest BCUT2D eigenvalue weighted by Gasteiger charge is -1.97. The van der Waals surface area contributed by atoms with Crippen LogP contribution in [0.25, 0.3) is 11.0 Å². The van der Waals surface area contributed by atoms with Gasteiger partial charge in [-0.1, -0.05) is 6.07 Å². The maximum absolute atomic E-state index is 13.5. The lowest BCUT2D eigenvalue weighted by Crippen LogP contribution is -2.04. The molecule has 0 atom stereocenters. The number of fused-ring (bicyclic) bond motifs is 1. The largest absolute Gasteiger partial charge is 0.456 e. The Morgan fingerprint density at radius 3 is 2.67 bits per heavy atom. The van der Waals surface area contributed by atoms with Gasteiger partial charge in [-0.25, -0.2) is 4.39 Å². The predicted octanol–water partition coefficient (Wildman–Crippen LogP) is 2.91. The minimum Gasteiger partial charge on any atom is -0.456 e. The number of halogens is 1. The maximum Gasteiger partial charge on any atom is 0.170 e. The molecule has 15 heavy (non-hydrogen) atoms. The fourth-order valence-electron chi connectivity index (χ4n) is 1.89. The molecular weight excluding hydrogens is 193 g/mol. The second-order valence-electron chi connectivity index (χ2n) is 3.75. The van der Waals surface area contributed by atoms with Crippen molar-refractivity contribution < 1.29 is 8.81 Å². The quantitative estimate of drug-likeness (QED) is 0.819. The third-order valence-corrected chi connectivity index (χ3v) is 2.67. The van der Waals surface area contributed by atoms with Crippen LogP contribution in [-0.2, 0) is 6.54 Å². The number of furan rings is 1. The third-order valence-electron chi connectivity index (χ3n) is 2.67. The molecule has 1 aromatic heterocycles. The van der Waals surface area contributed by atoms with Crippen LogP contribution >= 0.6 is 0 Å². The summed E-state index contributed by atoms with van der Waals surface area (Å²) in [6, 6.07) is 3.23. The lowest BCUT2D eigenvalue weighted by molar-refractivity contribution is 0.504. The summed E-state index contributed by atoms with van der Waals surface area (Å²) >= 11 is 0. The zero-order chi connectivity index (χ0) is 11.0. The molecule has 0 spiro atoms. The molecule has 3 heteroatoms. The standard InChI is InChI=1S/C12H14FNO/c1-7-4-5-9(13)12-11(7)8(2)10(15-12)6-14-3/h4-5,14H,6H2,1-3H3. The van der Waals surface area contributed by atoms with Crippen molar-refractivity contribution in [1.29, 1.82) is 0 Å². The van der Waals surface area contributed by atoms with Crippen LogP contribution in [0.3, 0.4) is 0 Å². The van der Waals surface area contributed by atoms with Crippen LogP contribution in [0.1, 0.15) is 16.9 Å². The highest BCUT2D eigenvalue weighted by atomic mass is 19.1. The van der Waals surface area contributed by atoms with Crippen LogP contribution in [0.15, 0.2) is 16.5 Å². The Hall–Kier alpha value is -1.35. The van der Waals surface area contributed by atoms with Crippen molar-refractivity contribution in [3.63, 3.8) is 0 Å². The Bertz CT molecular complexity index is 502. The second kappa shape index (κ2) is 3.66. The molecule has 80 valence electrons. The predicted molar refractivity (Wildman–Crippen MR) is 58.4 cm³/mol. The molecule has 2 aromatic rings. The normalized spacial score (nSPS) is 11.2. The smallest absolute Gasteiger partial charge is 0.170 e. The molecule has 0 amide bonds. The summed E-state index contributed by atoms with van der Waals surface area (Å²) in [6.45, 7) is 4.55. The van der Waals surface area contributed by atoms with Crippen molar-refractivity contribution in [2.75, 3.05) is 7.05 Å². The Balaban J connectivity index is 2.75. The molecule has 0 aliphatic carbocycles. The van der Waals surface area contributed by atoms with Gasteiger partial charge in [0.1, 0.15) is 5.76 Å². The SMILES string of the molecule is CNCc1oc2c(F)ccc(C)c2c1C. The molecule has 1 heterocycles. The summed E-state index contributed by atoms with van der Waals surface area (Å²) in [6.07, 6.45) is 0. The zero-order valence-corrected chi connectivity index (χ0v) is 9.15. The van der Waals surface area contributed by atoms with E-state index in [1.165, 1.54) is 6.07 Å². The van der Waals surface area contributed by atoms with Gasteiger partial charge in [0.25, 0.3) is 0 Å². The highest BCUT2D eigenvalue weighted by Crippen LogP contribution is 2.29. The maximum atomic E-state index is 13.5. The van der Waals surface area contributed by atoms with Gasteiger partial charge >= 0.3 is 0 Å². The lowest BCUT2D eigenvalue weighted by atomic mass is 10.1. The summed E-state index contributed by atoms with van der Waals surface area (Å²) in [5.41, 5.74) is 2.45. The van der Waals surface area contributed by atoms with Crippen LogP contribution in [0.5, 0.6) is 0 Å². The van der Waals surface area contributed by atoms with E-state index in [2.05, 4.69) is 5.32 Å². The average molecular weight is 207 g/mol. The molecule has 1 N–H and O–H groups in total. The topological polar surface area (TPSA) is 25.2 Å². The summed E-state index contributed by atoms with van der Waals surface area (Å²) < 4.78 is 19.0. The average Bonchev–Trinajstić information content (AvgIpc) is 2.53. The van der Waals surface area contributed by atoms with E-state index in [-0.39, 0.29) is 5.82 Å². The van der Waals surface area contributed by atoms with Crippen LogP contribution in [0, 0.1) is 19.7 Å². The fraction of sp³-hybridized carbons (Fsp3) is 0.333. The minimum absolute atomic E-state index is 0.291. The molecule has 0 fully saturated rings. The van der Waals surface area contributed by atoms with Crippen LogP contribution in [0.2, 0.25) is 0 Å². The van der Waals surface area contributed by atoms with E-state index in [1.807, 2.05) is 20.9 Å². The molecule has 0 radical (unpaired) electrons. The van der Waals surface area contributed by atoms with Crippen molar-refractivity contribution in [2.24, 2.45) is 0 Å². The van der Waals surface area contributed by atoms with Crippen molar-refractivity contribution in [3.8, 4) is 0 Å². The Morgan fingerprint density at radius 1 is 1.33 bits per heavy atom. The first-order valence-electron chi connectivity index (χ1n) is 4.97. The Morgan fingerprint density at radius 2 is 2.07 bits per heavy atom. The Labute approximate surface area is 88.1 Å². The van der Waals surface area contributed by atoms with E-state index in [0.29, 0.717) is 12.1 Å². The summed E-state index contributed by atoms with van der Waals surface area (Å²) in [4.78, 5) is 0. The van der Waals surface area contributed by atoms with Gasteiger partial charge in [-0.2, -0.15) is 0 Å². The molecule has 0 aliphatic rings. The van der Waals surface area contributed by atoms with Gasteiger partial charge in [0.05, 0.1) is 6.54 Å². The fourth-order valence-corrected chi connectivity index (χ4v) is 1.89. The van der Waals surface area contributed by atoms with E-state index < -0.39 is 0 Å². The van der Waals surface area contributed by atoms with E-state index in [4.69, 9.17) is 4.42 Å². The van der Waals surface area contributed by atoms with E-state index in [0.717, 1.165) is 22.3 Å². The summed E-state index contributed by atoms with van der Waals surface area (Å²) in [5.74, 6) is 0.516. The van der Waals surface area contributed by atoms with Crippen LogP contribution in [-0.4, -0.2) is 7.05 Å². The summed E-state index contributed by atoms with van der Waals surface area (Å²) in [5, 5.41) is 3.91. The number of hydrogen-bond donors (Lipinski definition) is 1. The molecule has 0 saturated heterocycles. The van der Waals surface area contributed by atoms with Crippen molar-refractivity contribution in [1.82, 2.24) is 5.32 Å². The van der Waals surface area contributed by atoms with Gasteiger partial charge in [0.2, 0.25) is 0 Å². The molecule has 0 saturated carbocycles. The molecule has 2 nitrogen and oxygen atoms in total. The van der Waals surface area contributed by atoms with Gasteiger partial charge in [0, 0.05) is 10.9 Å². The summed E-state index contributed by atoms with van der Waals surface area (Å²) in [7, 11) is 1.84. The van der Waals surface area contributed by atoms with E-state index in [9.17, 15) is 4.39 Å². The number of rotatable bonds is 2. The number of hydrogen-bond acceptors (Lipinski definition) is 2. The first-order chi connectivity index (χ1) is 7.15. The monoisotopic (exact) mass is 207 g/mol. The number of aryl methyl sites for hydroxylation is 2. The molecule has 1 aromatic carbocycles. The minimum atomic E-state index is -0.291. The highest BCUT2D eigenvalue weighted by Gasteiger charge is 2.14.